The van der Waals surface area contributed by atoms with E-state index in [2.05, 4.69) is 5.32 Å². The van der Waals surface area contributed by atoms with Crippen molar-refractivity contribution < 1.29 is 14.7 Å². The molecule has 0 saturated heterocycles. The number of benzene rings is 1. The Balaban J connectivity index is 2.01. The van der Waals surface area contributed by atoms with E-state index in [0.717, 1.165) is 11.1 Å². The van der Waals surface area contributed by atoms with Crippen LogP contribution in [0.4, 0.5) is 0 Å². The Morgan fingerprint density at radius 2 is 2.09 bits per heavy atom. The van der Waals surface area contributed by atoms with Gasteiger partial charge in [-0.1, -0.05) is 41.4 Å². The molecule has 1 atom stereocenters. The van der Waals surface area contributed by atoms with Crippen molar-refractivity contribution in [2.75, 3.05) is 6.54 Å². The van der Waals surface area contributed by atoms with Gasteiger partial charge in [0.2, 0.25) is 0 Å². The number of aliphatic carboxylic acids is 1. The summed E-state index contributed by atoms with van der Waals surface area (Å²) in [7, 11) is 1.71. The van der Waals surface area contributed by atoms with Crippen molar-refractivity contribution in [2.24, 2.45) is 13.0 Å². The number of carboxylic acids is 1. The zero-order valence-electron chi connectivity index (χ0n) is 13.0. The van der Waals surface area contributed by atoms with Crippen molar-refractivity contribution >= 4 is 23.5 Å². The van der Waals surface area contributed by atoms with Crippen molar-refractivity contribution in [2.45, 2.75) is 13.3 Å². The molecule has 2 aromatic rings. The fraction of sp³-hybridized carbons (Fsp3) is 0.294. The second kappa shape index (κ2) is 7.33. The van der Waals surface area contributed by atoms with Crippen LogP contribution >= 0.6 is 11.6 Å². The summed E-state index contributed by atoms with van der Waals surface area (Å²) in [6.45, 7) is 2.02. The molecule has 0 aliphatic heterocycles. The lowest BCUT2D eigenvalue weighted by molar-refractivity contribution is -0.141. The van der Waals surface area contributed by atoms with Crippen LogP contribution in [0.25, 0.3) is 0 Å². The largest absolute Gasteiger partial charge is 0.481 e. The molecule has 1 aromatic heterocycles. The number of rotatable bonds is 6. The van der Waals surface area contributed by atoms with E-state index in [1.54, 1.807) is 23.9 Å². The summed E-state index contributed by atoms with van der Waals surface area (Å²) in [4.78, 5) is 23.6. The summed E-state index contributed by atoms with van der Waals surface area (Å²) in [5.74, 6) is -1.96. The molecule has 1 heterocycles. The number of nitrogens with zero attached hydrogens (tertiary/aromatic N) is 1. The van der Waals surface area contributed by atoms with Crippen molar-refractivity contribution in [3.05, 3.63) is 58.4 Å². The summed E-state index contributed by atoms with van der Waals surface area (Å²) >= 11 is 5.85. The first kappa shape index (κ1) is 17.1. The van der Waals surface area contributed by atoms with Gasteiger partial charge < -0.3 is 15.0 Å². The van der Waals surface area contributed by atoms with E-state index >= 15 is 0 Å². The molecule has 0 saturated carbocycles. The lowest BCUT2D eigenvalue weighted by Crippen LogP contribution is -2.34. The molecule has 2 N–H and O–H groups in total. The lowest BCUT2D eigenvalue weighted by Gasteiger charge is -2.14. The highest BCUT2D eigenvalue weighted by molar-refractivity contribution is 6.31. The zero-order chi connectivity index (χ0) is 17.0. The highest BCUT2D eigenvalue weighted by Crippen LogP contribution is 2.14. The molecule has 0 fully saturated rings. The summed E-state index contributed by atoms with van der Waals surface area (Å²) in [5.41, 5.74) is 2.41. The normalized spacial score (nSPS) is 12.0. The maximum atomic E-state index is 12.1. The van der Waals surface area contributed by atoms with Crippen LogP contribution in [0, 0.1) is 12.8 Å². The second-order valence-electron chi connectivity index (χ2n) is 5.59. The van der Waals surface area contributed by atoms with Crippen molar-refractivity contribution in [1.82, 2.24) is 9.88 Å². The minimum atomic E-state index is -0.934. The monoisotopic (exact) mass is 334 g/mol. The molecule has 5 nitrogen and oxygen atoms in total. The van der Waals surface area contributed by atoms with Crippen LogP contribution in [0.2, 0.25) is 5.02 Å². The van der Waals surface area contributed by atoms with E-state index in [1.165, 1.54) is 0 Å². The van der Waals surface area contributed by atoms with Gasteiger partial charge in [-0.3, -0.25) is 9.59 Å². The molecular weight excluding hydrogens is 316 g/mol. The molecule has 0 spiro atoms. The molecule has 0 aliphatic carbocycles. The molecular formula is C17H19ClN2O3. The highest BCUT2D eigenvalue weighted by Gasteiger charge is 2.20. The Kier molecular flexibility index (Phi) is 5.45. The van der Waals surface area contributed by atoms with E-state index < -0.39 is 11.9 Å². The molecule has 0 radical (unpaired) electrons. The van der Waals surface area contributed by atoms with Crippen LogP contribution in [-0.4, -0.2) is 28.1 Å². The third kappa shape index (κ3) is 4.60. The Bertz CT molecular complexity index is 724. The SMILES string of the molecule is Cc1cccc(CC(CNC(=O)c2cc(Cl)cn2C)C(=O)O)c1. The molecule has 122 valence electrons. The van der Waals surface area contributed by atoms with Crippen LogP contribution in [0.1, 0.15) is 21.6 Å². The average molecular weight is 335 g/mol. The highest BCUT2D eigenvalue weighted by atomic mass is 35.5. The molecule has 2 rings (SSSR count). The van der Waals surface area contributed by atoms with Crippen LogP contribution < -0.4 is 5.32 Å². The van der Waals surface area contributed by atoms with E-state index in [4.69, 9.17) is 11.6 Å². The zero-order valence-corrected chi connectivity index (χ0v) is 13.8. The number of amides is 1. The van der Waals surface area contributed by atoms with Gasteiger partial charge in [0.1, 0.15) is 5.69 Å². The maximum absolute atomic E-state index is 12.1. The summed E-state index contributed by atoms with van der Waals surface area (Å²) in [5, 5.41) is 12.5. The molecule has 1 amide bonds. The van der Waals surface area contributed by atoms with Gasteiger partial charge in [-0.2, -0.15) is 0 Å². The fourth-order valence-electron chi connectivity index (χ4n) is 2.43. The second-order valence-corrected chi connectivity index (χ2v) is 6.03. The van der Waals surface area contributed by atoms with Gasteiger partial charge in [0.05, 0.1) is 10.9 Å². The van der Waals surface area contributed by atoms with E-state index in [-0.39, 0.29) is 12.5 Å². The Labute approximate surface area is 139 Å². The van der Waals surface area contributed by atoms with Crippen LogP contribution in [0.5, 0.6) is 0 Å². The van der Waals surface area contributed by atoms with E-state index in [1.807, 2.05) is 31.2 Å². The molecule has 0 bridgehead atoms. The smallest absolute Gasteiger partial charge is 0.308 e. The third-order valence-electron chi connectivity index (χ3n) is 3.63. The number of hydrogen-bond acceptors (Lipinski definition) is 2. The minimum absolute atomic E-state index is 0.0604. The number of aromatic nitrogens is 1. The van der Waals surface area contributed by atoms with Gasteiger partial charge in [-0.25, -0.2) is 0 Å². The van der Waals surface area contributed by atoms with Crippen molar-refractivity contribution in [3.63, 3.8) is 0 Å². The van der Waals surface area contributed by atoms with E-state index in [9.17, 15) is 14.7 Å². The topological polar surface area (TPSA) is 71.3 Å². The van der Waals surface area contributed by atoms with Gasteiger partial charge in [0.25, 0.3) is 5.91 Å². The van der Waals surface area contributed by atoms with Gasteiger partial charge >= 0.3 is 5.97 Å². The number of carbonyl (C=O) groups is 2. The molecule has 6 heteroatoms. The summed E-state index contributed by atoms with van der Waals surface area (Å²) < 4.78 is 1.61. The van der Waals surface area contributed by atoms with Crippen molar-refractivity contribution in [1.29, 1.82) is 0 Å². The van der Waals surface area contributed by atoms with Crippen LogP contribution in [0.15, 0.2) is 36.5 Å². The predicted octanol–water partition coefficient (Wildman–Crippen LogP) is 2.66. The standard InChI is InChI=1S/C17H19ClN2O3/c1-11-4-3-5-12(6-11)7-13(17(22)23)9-19-16(21)15-8-14(18)10-20(15)2/h3-6,8,10,13H,7,9H2,1-2H3,(H,19,21)(H,22,23). The Hall–Kier alpha value is -2.27. The molecule has 0 aliphatic rings. The van der Waals surface area contributed by atoms with Gasteiger partial charge in [-0.05, 0) is 25.0 Å². The Morgan fingerprint density at radius 1 is 1.35 bits per heavy atom. The number of carbonyl (C=O) groups excluding carboxylic acids is 1. The lowest BCUT2D eigenvalue weighted by atomic mass is 9.98. The first-order valence-electron chi connectivity index (χ1n) is 7.25. The number of aryl methyl sites for hydroxylation is 2. The number of carboxylic acid groups (broad SMARTS) is 1. The summed E-state index contributed by atoms with van der Waals surface area (Å²) in [6, 6.07) is 9.25. The van der Waals surface area contributed by atoms with Crippen LogP contribution in [-0.2, 0) is 18.3 Å². The maximum Gasteiger partial charge on any atom is 0.308 e. The van der Waals surface area contributed by atoms with Gasteiger partial charge in [0, 0.05) is 19.8 Å². The summed E-state index contributed by atoms with van der Waals surface area (Å²) in [6.07, 6.45) is 1.99. The van der Waals surface area contributed by atoms with Crippen molar-refractivity contribution in [3.8, 4) is 0 Å². The third-order valence-corrected chi connectivity index (χ3v) is 3.83. The van der Waals surface area contributed by atoms with E-state index in [0.29, 0.717) is 17.1 Å². The number of halogens is 1. The average Bonchev–Trinajstić information content (AvgIpc) is 2.81. The predicted molar refractivity (Wildman–Crippen MR) is 88.8 cm³/mol. The van der Waals surface area contributed by atoms with Gasteiger partial charge in [-0.15, -0.1) is 0 Å². The molecule has 1 unspecified atom stereocenters. The fourth-order valence-corrected chi connectivity index (χ4v) is 2.68. The first-order valence-corrected chi connectivity index (χ1v) is 7.63. The number of nitrogens with one attached hydrogen (secondary N) is 1. The quantitative estimate of drug-likeness (QED) is 0.853. The molecule has 1 aromatic carbocycles. The molecule has 23 heavy (non-hydrogen) atoms. The number of hydrogen-bond donors (Lipinski definition) is 2. The van der Waals surface area contributed by atoms with Crippen LogP contribution in [0.3, 0.4) is 0 Å². The minimum Gasteiger partial charge on any atom is -0.481 e. The van der Waals surface area contributed by atoms with Gasteiger partial charge in [0.15, 0.2) is 0 Å². The first-order chi connectivity index (χ1) is 10.9. The Morgan fingerprint density at radius 3 is 2.65 bits per heavy atom.